The molecule has 0 saturated heterocycles. The summed E-state index contributed by atoms with van der Waals surface area (Å²) in [5.41, 5.74) is 2.37. The zero-order valence-corrected chi connectivity index (χ0v) is 11.5. The van der Waals surface area contributed by atoms with Crippen molar-refractivity contribution in [1.29, 1.82) is 0 Å². The Balaban J connectivity index is 2.54. The van der Waals surface area contributed by atoms with E-state index < -0.39 is 0 Å². The van der Waals surface area contributed by atoms with E-state index in [1.807, 2.05) is 13.1 Å². The summed E-state index contributed by atoms with van der Waals surface area (Å²) >= 11 is 0. The van der Waals surface area contributed by atoms with Crippen LogP contribution in [0.4, 0.5) is 4.39 Å². The van der Waals surface area contributed by atoms with Crippen molar-refractivity contribution in [3.8, 4) is 0 Å². The van der Waals surface area contributed by atoms with Gasteiger partial charge in [0.15, 0.2) is 0 Å². The van der Waals surface area contributed by atoms with Gasteiger partial charge in [-0.3, -0.25) is 0 Å². The van der Waals surface area contributed by atoms with Crippen molar-refractivity contribution in [3.05, 3.63) is 35.8 Å². The lowest BCUT2D eigenvalue weighted by atomic mass is 10.1. The average Bonchev–Trinajstić information content (AvgIpc) is 2.65. The molecular formula is C15H21FN2. The Labute approximate surface area is 108 Å². The molecule has 1 aromatic carbocycles. The maximum absolute atomic E-state index is 13.3. The van der Waals surface area contributed by atoms with Gasteiger partial charge in [-0.25, -0.2) is 4.39 Å². The normalized spacial score (nSPS) is 13.4. The van der Waals surface area contributed by atoms with Gasteiger partial charge in [-0.1, -0.05) is 0 Å². The number of nitrogens with zero attached hydrogens (tertiary/aromatic N) is 1. The first-order chi connectivity index (χ1) is 8.52. The molecule has 0 aliphatic rings. The molecule has 1 unspecified atom stereocenters. The SMILES string of the molecule is CNC(C)Cc1cc2cc(F)ccc2n1C(C)C. The fraction of sp³-hybridized carbons (Fsp3) is 0.467. The molecule has 2 aromatic rings. The Bertz CT molecular complexity index is 543. The second-order valence-electron chi connectivity index (χ2n) is 5.20. The Morgan fingerprint density at radius 2 is 1.94 bits per heavy atom. The third kappa shape index (κ3) is 2.41. The first kappa shape index (κ1) is 13.1. The minimum Gasteiger partial charge on any atom is -0.342 e. The van der Waals surface area contributed by atoms with E-state index in [1.165, 1.54) is 11.8 Å². The molecule has 0 bridgehead atoms. The molecule has 0 radical (unpaired) electrons. The monoisotopic (exact) mass is 248 g/mol. The molecule has 1 heterocycles. The highest BCUT2D eigenvalue weighted by Crippen LogP contribution is 2.25. The summed E-state index contributed by atoms with van der Waals surface area (Å²) in [6, 6.07) is 7.92. The van der Waals surface area contributed by atoms with Gasteiger partial charge in [-0.2, -0.15) is 0 Å². The highest BCUT2D eigenvalue weighted by molar-refractivity contribution is 5.81. The van der Waals surface area contributed by atoms with Gasteiger partial charge in [-0.05, 0) is 52.1 Å². The first-order valence-corrected chi connectivity index (χ1v) is 6.49. The van der Waals surface area contributed by atoms with Gasteiger partial charge in [0.25, 0.3) is 0 Å². The van der Waals surface area contributed by atoms with Gasteiger partial charge >= 0.3 is 0 Å². The van der Waals surface area contributed by atoms with Crippen LogP contribution in [0.3, 0.4) is 0 Å². The van der Waals surface area contributed by atoms with Crippen molar-refractivity contribution >= 4 is 10.9 Å². The predicted molar refractivity (Wildman–Crippen MR) is 74.5 cm³/mol. The molecule has 2 rings (SSSR count). The number of hydrogen-bond acceptors (Lipinski definition) is 1. The fourth-order valence-corrected chi connectivity index (χ4v) is 2.45. The van der Waals surface area contributed by atoms with Crippen LogP contribution in [0.15, 0.2) is 24.3 Å². The maximum atomic E-state index is 13.3. The summed E-state index contributed by atoms with van der Waals surface area (Å²) in [6.45, 7) is 6.48. The van der Waals surface area contributed by atoms with Crippen LogP contribution in [-0.2, 0) is 6.42 Å². The van der Waals surface area contributed by atoms with Crippen molar-refractivity contribution < 1.29 is 4.39 Å². The van der Waals surface area contributed by atoms with Crippen molar-refractivity contribution in [2.75, 3.05) is 7.05 Å². The molecule has 0 spiro atoms. The minimum atomic E-state index is -0.170. The summed E-state index contributed by atoms with van der Waals surface area (Å²) in [5, 5.41) is 4.24. The summed E-state index contributed by atoms with van der Waals surface area (Å²) in [5.74, 6) is -0.170. The number of hydrogen-bond donors (Lipinski definition) is 1. The number of benzene rings is 1. The van der Waals surface area contributed by atoms with E-state index in [2.05, 4.69) is 36.7 Å². The van der Waals surface area contributed by atoms with Gasteiger partial charge in [-0.15, -0.1) is 0 Å². The highest BCUT2D eigenvalue weighted by Gasteiger charge is 2.13. The number of rotatable bonds is 4. The van der Waals surface area contributed by atoms with E-state index in [1.54, 1.807) is 6.07 Å². The molecule has 3 heteroatoms. The van der Waals surface area contributed by atoms with E-state index in [9.17, 15) is 4.39 Å². The first-order valence-electron chi connectivity index (χ1n) is 6.49. The zero-order valence-electron chi connectivity index (χ0n) is 11.5. The van der Waals surface area contributed by atoms with Crippen LogP contribution >= 0.6 is 0 Å². The van der Waals surface area contributed by atoms with E-state index in [-0.39, 0.29) is 5.82 Å². The van der Waals surface area contributed by atoms with Crippen molar-refractivity contribution in [1.82, 2.24) is 9.88 Å². The third-order valence-electron chi connectivity index (χ3n) is 3.41. The van der Waals surface area contributed by atoms with E-state index >= 15 is 0 Å². The second kappa shape index (κ2) is 5.11. The summed E-state index contributed by atoms with van der Waals surface area (Å²) in [4.78, 5) is 0. The van der Waals surface area contributed by atoms with Crippen LogP contribution in [0.2, 0.25) is 0 Å². The molecule has 0 aliphatic carbocycles. The van der Waals surface area contributed by atoms with Crippen LogP contribution in [0.5, 0.6) is 0 Å². The lowest BCUT2D eigenvalue weighted by Gasteiger charge is -2.17. The molecule has 0 aliphatic heterocycles. The highest BCUT2D eigenvalue weighted by atomic mass is 19.1. The molecule has 1 N–H and O–H groups in total. The maximum Gasteiger partial charge on any atom is 0.123 e. The lowest BCUT2D eigenvalue weighted by molar-refractivity contribution is 0.545. The van der Waals surface area contributed by atoms with Crippen molar-refractivity contribution in [2.24, 2.45) is 0 Å². The molecule has 0 saturated carbocycles. The third-order valence-corrected chi connectivity index (χ3v) is 3.41. The minimum absolute atomic E-state index is 0.170. The largest absolute Gasteiger partial charge is 0.342 e. The molecule has 0 fully saturated rings. The van der Waals surface area contributed by atoms with E-state index in [4.69, 9.17) is 0 Å². The molecule has 0 amide bonds. The Morgan fingerprint density at radius 3 is 2.56 bits per heavy atom. The van der Waals surface area contributed by atoms with E-state index in [0.29, 0.717) is 12.1 Å². The Morgan fingerprint density at radius 1 is 1.22 bits per heavy atom. The van der Waals surface area contributed by atoms with Gasteiger partial charge in [0.1, 0.15) is 5.82 Å². The average molecular weight is 248 g/mol. The van der Waals surface area contributed by atoms with Crippen LogP contribution in [-0.4, -0.2) is 17.7 Å². The van der Waals surface area contributed by atoms with Crippen molar-refractivity contribution in [2.45, 2.75) is 39.3 Å². The van der Waals surface area contributed by atoms with Gasteiger partial charge in [0.05, 0.1) is 0 Å². The molecule has 1 atom stereocenters. The van der Waals surface area contributed by atoms with Crippen LogP contribution < -0.4 is 5.32 Å². The number of aromatic nitrogens is 1. The van der Waals surface area contributed by atoms with E-state index in [0.717, 1.165) is 17.3 Å². The van der Waals surface area contributed by atoms with Crippen LogP contribution in [0, 0.1) is 5.82 Å². The topological polar surface area (TPSA) is 17.0 Å². The lowest BCUT2D eigenvalue weighted by Crippen LogP contribution is -2.25. The van der Waals surface area contributed by atoms with Gasteiger partial charge in [0, 0.05) is 35.1 Å². The molecule has 98 valence electrons. The smallest absolute Gasteiger partial charge is 0.123 e. The number of fused-ring (bicyclic) bond motifs is 1. The van der Waals surface area contributed by atoms with Crippen LogP contribution in [0.1, 0.15) is 32.5 Å². The molecule has 18 heavy (non-hydrogen) atoms. The summed E-state index contributed by atoms with van der Waals surface area (Å²) < 4.78 is 15.6. The number of nitrogens with one attached hydrogen (secondary N) is 1. The molecule has 1 aromatic heterocycles. The quantitative estimate of drug-likeness (QED) is 0.876. The number of likely N-dealkylation sites (N-methyl/N-ethyl adjacent to an activating group) is 1. The van der Waals surface area contributed by atoms with Crippen molar-refractivity contribution in [3.63, 3.8) is 0 Å². The van der Waals surface area contributed by atoms with Gasteiger partial charge in [0.2, 0.25) is 0 Å². The van der Waals surface area contributed by atoms with Gasteiger partial charge < -0.3 is 9.88 Å². The standard InChI is InChI=1S/C15H21FN2/c1-10(2)18-14(7-11(3)17-4)9-12-8-13(16)5-6-15(12)18/h5-6,8-11,17H,7H2,1-4H3. The number of halogens is 1. The molecular weight excluding hydrogens is 227 g/mol. The fourth-order valence-electron chi connectivity index (χ4n) is 2.45. The predicted octanol–water partition coefficient (Wildman–Crippen LogP) is 3.51. The second-order valence-corrected chi connectivity index (χ2v) is 5.20. The Kier molecular flexibility index (Phi) is 3.71. The zero-order chi connectivity index (χ0) is 13.3. The summed E-state index contributed by atoms with van der Waals surface area (Å²) in [7, 11) is 1.96. The summed E-state index contributed by atoms with van der Waals surface area (Å²) in [6.07, 6.45) is 0.949. The van der Waals surface area contributed by atoms with Crippen LogP contribution in [0.25, 0.3) is 10.9 Å². The Hall–Kier alpha value is -1.35. The molecule has 2 nitrogen and oxygen atoms in total.